The molecule has 0 unspecified atom stereocenters. The number of carbonyl (C=O) groups is 3. The molecule has 0 radical (unpaired) electrons. The van der Waals surface area contributed by atoms with Gasteiger partial charge in [0.25, 0.3) is 0 Å². The van der Waals surface area contributed by atoms with E-state index in [1.807, 2.05) is 107 Å². The van der Waals surface area contributed by atoms with Gasteiger partial charge >= 0.3 is 17.9 Å². The van der Waals surface area contributed by atoms with Crippen molar-refractivity contribution in [3.05, 3.63) is 186 Å². The number of benzene rings is 6. The Hall–Kier alpha value is -6.99. The van der Waals surface area contributed by atoms with Gasteiger partial charge in [0, 0.05) is 5.41 Å². The number of rotatable bonds is 14. The summed E-state index contributed by atoms with van der Waals surface area (Å²) < 4.78 is 17.1. The highest BCUT2D eigenvalue weighted by atomic mass is 16.5. The summed E-state index contributed by atoms with van der Waals surface area (Å²) >= 11 is 0. The summed E-state index contributed by atoms with van der Waals surface area (Å²) in [7, 11) is 0. The third-order valence-corrected chi connectivity index (χ3v) is 11.2. The number of esters is 3. The van der Waals surface area contributed by atoms with Crippen LogP contribution in [0.4, 0.5) is 0 Å². The predicted molar refractivity (Wildman–Crippen MR) is 256 cm³/mol. The third-order valence-electron chi connectivity index (χ3n) is 11.2. The van der Waals surface area contributed by atoms with Crippen molar-refractivity contribution >= 4 is 17.9 Å². The number of allylic oxidation sites excluding steroid dienone is 2. The van der Waals surface area contributed by atoms with Crippen molar-refractivity contribution in [3.63, 3.8) is 0 Å². The Labute approximate surface area is 373 Å². The first kappa shape index (κ1) is 48.7. The van der Waals surface area contributed by atoms with Gasteiger partial charge in [0.05, 0.1) is 16.7 Å². The quantitative estimate of drug-likeness (QED) is 0.0662. The van der Waals surface area contributed by atoms with E-state index in [9.17, 15) is 19.5 Å². The van der Waals surface area contributed by atoms with Gasteiger partial charge in [-0.15, -0.1) is 0 Å². The van der Waals surface area contributed by atoms with Gasteiger partial charge in [0.1, 0.15) is 23.9 Å². The Kier molecular flexibility index (Phi) is 18.0. The van der Waals surface area contributed by atoms with Crippen molar-refractivity contribution < 1.29 is 33.7 Å². The van der Waals surface area contributed by atoms with E-state index in [2.05, 4.69) is 34.3 Å². The summed E-state index contributed by atoms with van der Waals surface area (Å²) in [5.74, 6) is -0.312. The second-order valence-electron chi connectivity index (χ2n) is 14.7. The topological polar surface area (TPSA) is 99.1 Å². The fraction of sp³-hybridized carbons (Fsp3) is 0.232. The van der Waals surface area contributed by atoms with E-state index >= 15 is 0 Å². The molecule has 0 saturated heterocycles. The second kappa shape index (κ2) is 23.3. The van der Waals surface area contributed by atoms with Crippen molar-refractivity contribution in [1.29, 1.82) is 0 Å². The lowest BCUT2D eigenvalue weighted by atomic mass is 9.74. The minimum absolute atomic E-state index is 0.193. The van der Waals surface area contributed by atoms with Gasteiger partial charge in [0.15, 0.2) is 0 Å². The van der Waals surface area contributed by atoms with Crippen molar-refractivity contribution in [2.45, 2.75) is 75.2 Å². The normalized spacial score (nSPS) is 11.1. The Morgan fingerprint density at radius 3 is 1.06 bits per heavy atom. The van der Waals surface area contributed by atoms with Crippen LogP contribution in [0.25, 0.3) is 33.4 Å². The molecule has 7 heteroatoms. The molecule has 6 aromatic carbocycles. The van der Waals surface area contributed by atoms with E-state index < -0.39 is 11.9 Å². The largest absolute Gasteiger partial charge is 0.508 e. The van der Waals surface area contributed by atoms with Crippen LogP contribution in [-0.2, 0) is 4.74 Å². The van der Waals surface area contributed by atoms with Gasteiger partial charge in [-0.1, -0.05) is 132 Å². The van der Waals surface area contributed by atoms with Crippen LogP contribution in [-0.4, -0.2) is 29.6 Å². The van der Waals surface area contributed by atoms with Crippen molar-refractivity contribution in [1.82, 2.24) is 0 Å². The number of ether oxygens (including phenoxy) is 3. The summed E-state index contributed by atoms with van der Waals surface area (Å²) in [6.45, 7) is 22.8. The Morgan fingerprint density at radius 2 is 0.762 bits per heavy atom. The van der Waals surface area contributed by atoms with Crippen LogP contribution in [0, 0.1) is 5.41 Å². The molecule has 0 aliphatic heterocycles. The molecular weight excluding hydrogens is 785 g/mol. The maximum Gasteiger partial charge on any atom is 0.343 e. The SMILES string of the molecule is C=C(C)/C(C)=C(\C)C(CC)(CC)COC(=O)c1ccc(-c2ccc(OC(=O)c3ccc(-c4ccc(OC(=O)c5ccc(-c6ccc(O)cc6)cc5)cc4)cc3)cc2)cc1.CC.CC. The number of phenols is 1. The van der Waals surface area contributed by atoms with Gasteiger partial charge in [-0.25, -0.2) is 14.4 Å². The van der Waals surface area contributed by atoms with Crippen molar-refractivity contribution in [2.24, 2.45) is 5.41 Å². The van der Waals surface area contributed by atoms with Crippen LogP contribution in [0.2, 0.25) is 0 Å². The third kappa shape index (κ3) is 12.5. The molecule has 0 atom stereocenters. The van der Waals surface area contributed by atoms with E-state index in [4.69, 9.17) is 14.2 Å². The van der Waals surface area contributed by atoms with Crippen molar-refractivity contribution in [3.8, 4) is 50.6 Å². The van der Waals surface area contributed by atoms with E-state index in [0.29, 0.717) is 34.8 Å². The van der Waals surface area contributed by atoms with Crippen LogP contribution < -0.4 is 9.47 Å². The smallest absolute Gasteiger partial charge is 0.343 e. The molecule has 0 aliphatic carbocycles. The Morgan fingerprint density at radius 1 is 0.476 bits per heavy atom. The zero-order valence-corrected chi connectivity index (χ0v) is 38.1. The lowest BCUT2D eigenvalue weighted by molar-refractivity contribution is 0.0327. The summed E-state index contributed by atoms with van der Waals surface area (Å²) in [6.07, 6.45) is 1.70. The monoisotopic (exact) mass is 844 g/mol. The predicted octanol–water partition coefficient (Wildman–Crippen LogP) is 14.8. The highest BCUT2D eigenvalue weighted by Crippen LogP contribution is 2.39. The fourth-order valence-corrected chi connectivity index (χ4v) is 6.91. The standard InChI is InChI=1S/C52H48O7.2C2H6/c1-7-52(8-2,36(6)35(5)34(3)4)33-57-49(54)43-15-9-38(10-16-43)41-23-29-47(30-24-41)59-51(56)45-19-13-39(14-20-45)42-25-31-48(32-26-42)58-50(55)44-17-11-37(12-18-44)40-21-27-46(53)28-22-40;2*1-2/h9-32,53H,3,7-8,33H2,1-2,4-6H3;2*1-2H3/b36-35+;;. The molecule has 0 fully saturated rings. The molecule has 1 N–H and O–H groups in total. The van der Waals surface area contributed by atoms with E-state index in [0.717, 1.165) is 57.4 Å². The van der Waals surface area contributed by atoms with Crippen LogP contribution in [0.1, 0.15) is 106 Å². The van der Waals surface area contributed by atoms with Crippen LogP contribution in [0.3, 0.4) is 0 Å². The molecule has 6 rings (SSSR count). The van der Waals surface area contributed by atoms with Gasteiger partial charge in [-0.3, -0.25) is 0 Å². The van der Waals surface area contributed by atoms with E-state index in [1.54, 1.807) is 72.8 Å². The number of hydrogen-bond acceptors (Lipinski definition) is 7. The molecule has 63 heavy (non-hydrogen) atoms. The Bertz CT molecular complexity index is 2450. The summed E-state index contributed by atoms with van der Waals surface area (Å²) in [5, 5.41) is 9.53. The number of aromatic hydroxyl groups is 1. The first-order chi connectivity index (χ1) is 30.4. The molecule has 0 aromatic heterocycles. The first-order valence-electron chi connectivity index (χ1n) is 21.7. The Balaban J connectivity index is 0.00000212. The molecule has 0 bridgehead atoms. The van der Waals surface area contributed by atoms with Gasteiger partial charge in [-0.2, -0.15) is 0 Å². The second-order valence-corrected chi connectivity index (χ2v) is 14.7. The summed E-state index contributed by atoms with van der Waals surface area (Å²) in [6, 6.07) is 42.7. The van der Waals surface area contributed by atoms with Crippen LogP contribution >= 0.6 is 0 Å². The van der Waals surface area contributed by atoms with Crippen LogP contribution in [0.5, 0.6) is 17.2 Å². The first-order valence-corrected chi connectivity index (χ1v) is 21.7. The minimum Gasteiger partial charge on any atom is -0.508 e. The van der Waals surface area contributed by atoms with Crippen molar-refractivity contribution in [2.75, 3.05) is 6.61 Å². The molecule has 0 heterocycles. The maximum absolute atomic E-state index is 13.1. The lowest BCUT2D eigenvalue weighted by Crippen LogP contribution is -2.29. The molecule has 0 saturated carbocycles. The summed E-state index contributed by atoms with van der Waals surface area (Å²) in [4.78, 5) is 38.9. The highest BCUT2D eigenvalue weighted by molar-refractivity contribution is 5.93. The van der Waals surface area contributed by atoms with Crippen LogP contribution in [0.15, 0.2) is 169 Å². The zero-order valence-electron chi connectivity index (χ0n) is 38.1. The molecule has 0 amide bonds. The van der Waals surface area contributed by atoms with Gasteiger partial charge in [0.2, 0.25) is 0 Å². The average molecular weight is 845 g/mol. The molecule has 0 spiro atoms. The summed E-state index contributed by atoms with van der Waals surface area (Å²) in [5.41, 5.74) is 9.85. The molecule has 7 nitrogen and oxygen atoms in total. The van der Waals surface area contributed by atoms with E-state index in [1.165, 1.54) is 5.57 Å². The van der Waals surface area contributed by atoms with E-state index in [-0.39, 0.29) is 17.1 Å². The average Bonchev–Trinajstić information content (AvgIpc) is 3.33. The maximum atomic E-state index is 13.1. The minimum atomic E-state index is -0.485. The number of hydrogen-bond donors (Lipinski definition) is 1. The molecule has 326 valence electrons. The lowest BCUT2D eigenvalue weighted by Gasteiger charge is -2.34. The molecular formula is C56H60O7. The number of phenolic OH excluding ortho intramolecular Hbond substituents is 1. The fourth-order valence-electron chi connectivity index (χ4n) is 6.91. The van der Waals surface area contributed by atoms with Gasteiger partial charge < -0.3 is 19.3 Å². The molecule has 0 aliphatic rings. The molecule has 6 aromatic rings. The highest BCUT2D eigenvalue weighted by Gasteiger charge is 2.31. The zero-order chi connectivity index (χ0) is 46.1. The van der Waals surface area contributed by atoms with Gasteiger partial charge in [-0.05, 0) is 145 Å². The number of carbonyl (C=O) groups excluding carboxylic acids is 3.